The van der Waals surface area contributed by atoms with Gasteiger partial charge in [-0.1, -0.05) is 6.92 Å². The molecular formula is C16H29N3OS. The number of carbonyl (C=O) groups excluding carboxylic acids is 1. The predicted octanol–water partition coefficient (Wildman–Crippen LogP) is 2.43. The van der Waals surface area contributed by atoms with Gasteiger partial charge in [-0.05, 0) is 71.0 Å². The first-order valence-electron chi connectivity index (χ1n) is 8.15. The topological polar surface area (TPSA) is 44.4 Å². The van der Waals surface area contributed by atoms with Gasteiger partial charge in [0.1, 0.15) is 0 Å². The molecule has 0 aromatic heterocycles. The van der Waals surface area contributed by atoms with Crippen LogP contribution in [0.5, 0.6) is 0 Å². The Kier molecular flexibility index (Phi) is 5.12. The molecule has 0 radical (unpaired) electrons. The lowest BCUT2D eigenvalue weighted by atomic mass is 9.87. The van der Waals surface area contributed by atoms with Gasteiger partial charge in [-0.3, -0.25) is 4.79 Å². The van der Waals surface area contributed by atoms with Crippen molar-refractivity contribution < 1.29 is 4.79 Å². The predicted molar refractivity (Wildman–Crippen MR) is 90.2 cm³/mol. The lowest BCUT2D eigenvalue weighted by molar-refractivity contribution is -0.123. The van der Waals surface area contributed by atoms with E-state index in [-0.39, 0.29) is 11.4 Å². The number of carbonyl (C=O) groups is 1. The van der Waals surface area contributed by atoms with Crippen molar-refractivity contribution in [1.29, 1.82) is 0 Å². The fraction of sp³-hybridized carbons (Fsp3) is 0.875. The molecule has 1 aliphatic heterocycles. The third kappa shape index (κ3) is 4.56. The molecule has 0 bridgehead atoms. The SMILES string of the molecule is CC1CCC(NC(=O)CN2C(=S)NC(C)(C)CC2C)CC1. The van der Waals surface area contributed by atoms with E-state index >= 15 is 0 Å². The molecule has 1 unspecified atom stereocenters. The van der Waals surface area contributed by atoms with Gasteiger partial charge in [0.2, 0.25) is 5.91 Å². The van der Waals surface area contributed by atoms with Crippen LogP contribution in [-0.2, 0) is 4.79 Å². The largest absolute Gasteiger partial charge is 0.358 e. The molecule has 1 amide bonds. The summed E-state index contributed by atoms with van der Waals surface area (Å²) in [5.41, 5.74) is 0.0168. The van der Waals surface area contributed by atoms with E-state index in [1.807, 2.05) is 4.90 Å². The molecular weight excluding hydrogens is 282 g/mol. The molecule has 2 fully saturated rings. The van der Waals surface area contributed by atoms with Crippen molar-refractivity contribution in [3.63, 3.8) is 0 Å². The number of nitrogens with one attached hydrogen (secondary N) is 2. The monoisotopic (exact) mass is 311 g/mol. The summed E-state index contributed by atoms with van der Waals surface area (Å²) in [6.45, 7) is 9.10. The lowest BCUT2D eigenvalue weighted by Gasteiger charge is -2.44. The Labute approximate surface area is 134 Å². The van der Waals surface area contributed by atoms with E-state index < -0.39 is 0 Å². The summed E-state index contributed by atoms with van der Waals surface area (Å²) in [5, 5.41) is 7.21. The molecule has 1 heterocycles. The summed E-state index contributed by atoms with van der Waals surface area (Å²) >= 11 is 5.43. The second kappa shape index (κ2) is 6.51. The van der Waals surface area contributed by atoms with Crippen LogP contribution in [0.15, 0.2) is 0 Å². The summed E-state index contributed by atoms with van der Waals surface area (Å²) in [6, 6.07) is 0.651. The summed E-state index contributed by atoms with van der Waals surface area (Å²) in [5.74, 6) is 0.907. The van der Waals surface area contributed by atoms with Crippen LogP contribution < -0.4 is 10.6 Å². The molecule has 1 aliphatic carbocycles. The molecule has 5 heteroatoms. The first-order valence-corrected chi connectivity index (χ1v) is 8.56. The average Bonchev–Trinajstić information content (AvgIpc) is 2.36. The van der Waals surface area contributed by atoms with E-state index in [1.165, 1.54) is 12.8 Å². The van der Waals surface area contributed by atoms with Crippen LogP contribution in [0, 0.1) is 5.92 Å². The zero-order chi connectivity index (χ0) is 15.6. The van der Waals surface area contributed by atoms with Gasteiger partial charge < -0.3 is 15.5 Å². The number of hydrogen-bond acceptors (Lipinski definition) is 2. The Balaban J connectivity index is 1.83. The quantitative estimate of drug-likeness (QED) is 0.786. The minimum Gasteiger partial charge on any atom is -0.358 e. The van der Waals surface area contributed by atoms with Gasteiger partial charge in [0.25, 0.3) is 0 Å². The van der Waals surface area contributed by atoms with E-state index in [0.717, 1.165) is 25.2 Å². The van der Waals surface area contributed by atoms with Gasteiger partial charge >= 0.3 is 0 Å². The highest BCUT2D eigenvalue weighted by Gasteiger charge is 2.34. The fourth-order valence-corrected chi connectivity index (χ4v) is 4.04. The van der Waals surface area contributed by atoms with Gasteiger partial charge in [0.15, 0.2) is 5.11 Å². The molecule has 120 valence electrons. The highest BCUT2D eigenvalue weighted by atomic mass is 32.1. The zero-order valence-corrected chi connectivity index (χ0v) is 14.6. The number of hydrogen-bond donors (Lipinski definition) is 2. The maximum absolute atomic E-state index is 12.3. The third-order valence-corrected chi connectivity index (χ3v) is 5.08. The second-order valence-electron chi connectivity index (χ2n) is 7.52. The van der Waals surface area contributed by atoms with Crippen LogP contribution in [-0.4, -0.2) is 40.1 Å². The van der Waals surface area contributed by atoms with Crippen LogP contribution in [0.25, 0.3) is 0 Å². The Morgan fingerprint density at radius 2 is 1.95 bits per heavy atom. The molecule has 0 aromatic rings. The van der Waals surface area contributed by atoms with Crippen molar-refractivity contribution in [2.45, 2.75) is 77.4 Å². The second-order valence-corrected chi connectivity index (χ2v) is 7.91. The van der Waals surface area contributed by atoms with Crippen LogP contribution in [0.4, 0.5) is 0 Å². The lowest BCUT2D eigenvalue weighted by Crippen LogP contribution is -2.62. The standard InChI is InChI=1S/C16H29N3OS/c1-11-5-7-13(8-6-11)17-14(20)10-19-12(2)9-16(3,4)18-15(19)21/h11-13H,5-10H2,1-4H3,(H,17,20)(H,18,21). The molecule has 4 nitrogen and oxygen atoms in total. The van der Waals surface area contributed by atoms with E-state index in [4.69, 9.17) is 12.2 Å². The normalized spacial score (nSPS) is 32.5. The molecule has 2 aliphatic rings. The van der Waals surface area contributed by atoms with Crippen molar-refractivity contribution in [1.82, 2.24) is 15.5 Å². The summed E-state index contributed by atoms with van der Waals surface area (Å²) in [4.78, 5) is 14.3. The smallest absolute Gasteiger partial charge is 0.239 e. The average molecular weight is 311 g/mol. The van der Waals surface area contributed by atoms with E-state index in [2.05, 4.69) is 38.3 Å². The van der Waals surface area contributed by atoms with Crippen molar-refractivity contribution in [3.05, 3.63) is 0 Å². The number of nitrogens with zero attached hydrogens (tertiary/aromatic N) is 1. The van der Waals surface area contributed by atoms with E-state index in [0.29, 0.717) is 23.7 Å². The van der Waals surface area contributed by atoms with E-state index in [9.17, 15) is 4.79 Å². The molecule has 2 rings (SSSR count). The maximum Gasteiger partial charge on any atom is 0.239 e. The molecule has 1 atom stereocenters. The first-order chi connectivity index (χ1) is 9.77. The fourth-order valence-electron chi connectivity index (χ4n) is 3.52. The van der Waals surface area contributed by atoms with Crippen LogP contribution >= 0.6 is 12.2 Å². The Morgan fingerprint density at radius 1 is 1.33 bits per heavy atom. The highest BCUT2D eigenvalue weighted by Crippen LogP contribution is 2.24. The van der Waals surface area contributed by atoms with Gasteiger partial charge in [0.05, 0.1) is 6.54 Å². The minimum atomic E-state index is 0.0168. The van der Waals surface area contributed by atoms with Crippen molar-refractivity contribution >= 4 is 23.2 Å². The summed E-state index contributed by atoms with van der Waals surface area (Å²) < 4.78 is 0. The van der Waals surface area contributed by atoms with Crippen LogP contribution in [0.2, 0.25) is 0 Å². The molecule has 1 saturated carbocycles. The molecule has 1 saturated heterocycles. The number of thiocarbonyl (C=S) groups is 1. The Hall–Kier alpha value is -0.840. The van der Waals surface area contributed by atoms with Gasteiger partial charge in [-0.2, -0.15) is 0 Å². The Morgan fingerprint density at radius 3 is 2.52 bits per heavy atom. The minimum absolute atomic E-state index is 0.0168. The van der Waals surface area contributed by atoms with Crippen LogP contribution in [0.3, 0.4) is 0 Å². The van der Waals surface area contributed by atoms with Crippen molar-refractivity contribution in [3.8, 4) is 0 Å². The number of rotatable bonds is 3. The first kappa shape index (κ1) is 16.5. The van der Waals surface area contributed by atoms with E-state index in [1.54, 1.807) is 0 Å². The molecule has 0 spiro atoms. The van der Waals surface area contributed by atoms with Crippen molar-refractivity contribution in [2.75, 3.05) is 6.54 Å². The highest BCUT2D eigenvalue weighted by molar-refractivity contribution is 7.80. The third-order valence-electron chi connectivity index (χ3n) is 4.74. The Bertz CT molecular complexity index is 402. The maximum atomic E-state index is 12.3. The van der Waals surface area contributed by atoms with Gasteiger partial charge in [-0.15, -0.1) is 0 Å². The molecule has 2 N–H and O–H groups in total. The summed E-state index contributed by atoms with van der Waals surface area (Å²) in [6.07, 6.45) is 5.65. The van der Waals surface area contributed by atoms with Crippen LogP contribution in [0.1, 0.15) is 59.8 Å². The molecule has 21 heavy (non-hydrogen) atoms. The molecule has 0 aromatic carbocycles. The number of amides is 1. The summed E-state index contributed by atoms with van der Waals surface area (Å²) in [7, 11) is 0. The van der Waals surface area contributed by atoms with Gasteiger partial charge in [0, 0.05) is 17.6 Å². The zero-order valence-electron chi connectivity index (χ0n) is 13.7. The van der Waals surface area contributed by atoms with Gasteiger partial charge in [-0.25, -0.2) is 0 Å². The van der Waals surface area contributed by atoms with Crippen molar-refractivity contribution in [2.24, 2.45) is 5.92 Å².